The van der Waals surface area contributed by atoms with Crippen molar-refractivity contribution in [2.45, 2.75) is 44.9 Å². The maximum absolute atomic E-state index is 3.84. The highest BCUT2D eigenvalue weighted by Crippen LogP contribution is 2.41. The minimum Gasteiger partial charge on any atom is -0.0918 e. The smallest absolute Gasteiger partial charge is 0.0132 e. The number of halogens is 1. The molecule has 1 unspecified atom stereocenters. The van der Waals surface area contributed by atoms with E-state index in [2.05, 4.69) is 72.2 Å². The van der Waals surface area contributed by atoms with Crippen LogP contribution < -0.4 is 0 Å². The molecule has 0 saturated heterocycles. The molecule has 0 spiro atoms. The first-order chi connectivity index (χ1) is 10.1. The summed E-state index contributed by atoms with van der Waals surface area (Å²) >= 11 is 3.84. The molecular formula is C20H23Br. The molecule has 0 heterocycles. The van der Waals surface area contributed by atoms with Gasteiger partial charge in [-0.15, -0.1) is 0 Å². The average Bonchev–Trinajstić information content (AvgIpc) is 2.51. The normalized spacial score (nSPS) is 21.1. The molecule has 0 saturated carbocycles. The summed E-state index contributed by atoms with van der Waals surface area (Å²) in [4.78, 5) is 0. The van der Waals surface area contributed by atoms with Crippen LogP contribution in [0.25, 0.3) is 0 Å². The molecule has 0 N–H and O–H groups in total. The summed E-state index contributed by atoms with van der Waals surface area (Å²) < 4.78 is 0. The number of alkyl halides is 1. The van der Waals surface area contributed by atoms with Gasteiger partial charge in [-0.25, -0.2) is 0 Å². The Hall–Kier alpha value is -1.08. The van der Waals surface area contributed by atoms with Gasteiger partial charge in [-0.2, -0.15) is 0 Å². The Bertz CT molecular complexity index is 644. The molecule has 110 valence electrons. The van der Waals surface area contributed by atoms with Gasteiger partial charge < -0.3 is 0 Å². The van der Waals surface area contributed by atoms with Gasteiger partial charge in [-0.1, -0.05) is 64.0 Å². The highest BCUT2D eigenvalue weighted by molar-refractivity contribution is 9.09. The zero-order chi connectivity index (χ0) is 14.9. The summed E-state index contributed by atoms with van der Waals surface area (Å²) in [5.74, 6) is 0. The van der Waals surface area contributed by atoms with Gasteiger partial charge in [0.15, 0.2) is 0 Å². The van der Waals surface area contributed by atoms with Crippen molar-refractivity contribution in [1.82, 2.24) is 0 Å². The number of rotatable bonds is 3. The van der Waals surface area contributed by atoms with Crippen LogP contribution in [-0.2, 0) is 18.3 Å². The highest BCUT2D eigenvalue weighted by Gasteiger charge is 2.35. The maximum Gasteiger partial charge on any atom is 0.0132 e. The number of aryl methyl sites for hydroxylation is 3. The SMILES string of the molecule is Cc1ccc(C)c(CC2(CBr)CCCc3ccccc32)c1. The summed E-state index contributed by atoms with van der Waals surface area (Å²) in [7, 11) is 0. The molecule has 21 heavy (non-hydrogen) atoms. The third-order valence-electron chi connectivity index (χ3n) is 4.98. The van der Waals surface area contributed by atoms with Gasteiger partial charge in [0.05, 0.1) is 0 Å². The monoisotopic (exact) mass is 342 g/mol. The van der Waals surface area contributed by atoms with Crippen molar-refractivity contribution in [3.8, 4) is 0 Å². The lowest BCUT2D eigenvalue weighted by molar-refractivity contribution is 0.400. The van der Waals surface area contributed by atoms with Crippen molar-refractivity contribution < 1.29 is 0 Å². The molecule has 0 fully saturated rings. The quantitative estimate of drug-likeness (QED) is 0.644. The average molecular weight is 343 g/mol. The molecule has 0 nitrogen and oxygen atoms in total. The third-order valence-corrected chi connectivity index (χ3v) is 6.05. The Morgan fingerprint density at radius 3 is 2.71 bits per heavy atom. The van der Waals surface area contributed by atoms with E-state index in [1.807, 2.05) is 0 Å². The number of fused-ring (bicyclic) bond motifs is 1. The van der Waals surface area contributed by atoms with Crippen molar-refractivity contribution >= 4 is 15.9 Å². The lowest BCUT2D eigenvalue weighted by Gasteiger charge is -2.38. The summed E-state index contributed by atoms with van der Waals surface area (Å²) in [6.45, 7) is 4.43. The minimum absolute atomic E-state index is 0.257. The van der Waals surface area contributed by atoms with E-state index in [1.165, 1.54) is 36.0 Å². The Morgan fingerprint density at radius 2 is 1.90 bits per heavy atom. The Labute approximate surface area is 136 Å². The van der Waals surface area contributed by atoms with Crippen molar-refractivity contribution in [3.05, 3.63) is 70.3 Å². The van der Waals surface area contributed by atoms with E-state index in [4.69, 9.17) is 0 Å². The molecule has 1 atom stereocenters. The number of hydrogen-bond donors (Lipinski definition) is 0. The van der Waals surface area contributed by atoms with Crippen LogP contribution in [0.15, 0.2) is 42.5 Å². The molecule has 2 aromatic rings. The molecule has 0 aliphatic heterocycles. The maximum atomic E-state index is 3.84. The lowest BCUT2D eigenvalue weighted by Crippen LogP contribution is -2.35. The third kappa shape index (κ3) is 2.81. The van der Waals surface area contributed by atoms with Crippen LogP contribution in [0.3, 0.4) is 0 Å². The summed E-state index contributed by atoms with van der Waals surface area (Å²) in [6.07, 6.45) is 4.95. The van der Waals surface area contributed by atoms with Gasteiger partial charge in [0, 0.05) is 10.7 Å². The van der Waals surface area contributed by atoms with Crippen LogP contribution in [0, 0.1) is 13.8 Å². The molecule has 0 aromatic heterocycles. The molecular weight excluding hydrogens is 320 g/mol. The van der Waals surface area contributed by atoms with Gasteiger partial charge in [0.25, 0.3) is 0 Å². The van der Waals surface area contributed by atoms with Crippen LogP contribution in [0.2, 0.25) is 0 Å². The first-order valence-corrected chi connectivity index (χ1v) is 8.97. The van der Waals surface area contributed by atoms with E-state index < -0.39 is 0 Å². The molecule has 0 radical (unpaired) electrons. The van der Waals surface area contributed by atoms with Crippen LogP contribution in [0.5, 0.6) is 0 Å². The van der Waals surface area contributed by atoms with Crippen LogP contribution in [0.1, 0.15) is 40.7 Å². The Morgan fingerprint density at radius 1 is 1.10 bits per heavy atom. The standard InChI is InChI=1S/C20H23Br/c1-15-9-10-16(2)18(12-15)13-20(14-21)11-5-7-17-6-3-4-8-19(17)20/h3-4,6,8-10,12H,5,7,11,13-14H2,1-2H3. The largest absolute Gasteiger partial charge is 0.0918 e. The van der Waals surface area contributed by atoms with E-state index in [-0.39, 0.29) is 5.41 Å². The van der Waals surface area contributed by atoms with Crippen molar-refractivity contribution in [1.29, 1.82) is 0 Å². The topological polar surface area (TPSA) is 0 Å². The molecule has 2 aromatic carbocycles. The van der Waals surface area contributed by atoms with Crippen molar-refractivity contribution in [3.63, 3.8) is 0 Å². The summed E-state index contributed by atoms with van der Waals surface area (Å²) in [5.41, 5.74) is 7.66. The first kappa shape index (κ1) is 14.8. The van der Waals surface area contributed by atoms with Gasteiger partial charge in [-0.05, 0) is 61.8 Å². The Kier molecular flexibility index (Phi) is 4.21. The van der Waals surface area contributed by atoms with Crippen molar-refractivity contribution in [2.75, 3.05) is 5.33 Å². The molecule has 0 bridgehead atoms. The van der Waals surface area contributed by atoms with E-state index >= 15 is 0 Å². The number of hydrogen-bond acceptors (Lipinski definition) is 0. The molecule has 1 aliphatic carbocycles. The predicted octanol–water partition coefficient (Wildman–Crippen LogP) is 5.52. The summed E-state index contributed by atoms with van der Waals surface area (Å²) in [6, 6.07) is 15.9. The zero-order valence-corrected chi connectivity index (χ0v) is 14.5. The molecule has 0 amide bonds. The van der Waals surface area contributed by atoms with Gasteiger partial charge >= 0.3 is 0 Å². The summed E-state index contributed by atoms with van der Waals surface area (Å²) in [5, 5.41) is 1.05. The second-order valence-corrected chi connectivity index (χ2v) is 7.09. The van der Waals surface area contributed by atoms with Gasteiger partial charge in [0.1, 0.15) is 0 Å². The van der Waals surface area contributed by atoms with Crippen LogP contribution in [0.4, 0.5) is 0 Å². The zero-order valence-electron chi connectivity index (χ0n) is 13.0. The predicted molar refractivity (Wildman–Crippen MR) is 94.5 cm³/mol. The minimum atomic E-state index is 0.257. The fourth-order valence-corrected chi connectivity index (χ4v) is 4.51. The van der Waals surface area contributed by atoms with Gasteiger partial charge in [0.2, 0.25) is 0 Å². The van der Waals surface area contributed by atoms with E-state index in [9.17, 15) is 0 Å². The highest BCUT2D eigenvalue weighted by atomic mass is 79.9. The second kappa shape index (κ2) is 5.96. The fraction of sp³-hybridized carbons (Fsp3) is 0.400. The van der Waals surface area contributed by atoms with Gasteiger partial charge in [-0.3, -0.25) is 0 Å². The fourth-order valence-electron chi connectivity index (χ4n) is 3.73. The Balaban J connectivity index is 2.04. The van der Waals surface area contributed by atoms with Crippen LogP contribution in [-0.4, -0.2) is 5.33 Å². The van der Waals surface area contributed by atoms with Crippen molar-refractivity contribution in [2.24, 2.45) is 0 Å². The lowest BCUT2D eigenvalue weighted by atomic mass is 9.68. The van der Waals surface area contributed by atoms with E-state index in [1.54, 1.807) is 11.1 Å². The van der Waals surface area contributed by atoms with Crippen LogP contribution >= 0.6 is 15.9 Å². The van der Waals surface area contributed by atoms with E-state index in [0.717, 1.165) is 11.8 Å². The molecule has 1 aliphatic rings. The number of benzene rings is 2. The van der Waals surface area contributed by atoms with E-state index in [0.29, 0.717) is 0 Å². The molecule has 1 heteroatoms. The second-order valence-electron chi connectivity index (χ2n) is 6.53. The first-order valence-electron chi connectivity index (χ1n) is 7.85. The molecule has 3 rings (SSSR count).